The summed E-state index contributed by atoms with van der Waals surface area (Å²) in [6.07, 6.45) is 3.34. The zero-order chi connectivity index (χ0) is 24.3. The number of carbonyl (C=O) groups excluding carboxylic acids is 2. The molecule has 2 aromatic rings. The third kappa shape index (κ3) is 4.64. The Labute approximate surface area is 199 Å². The minimum atomic E-state index is -3.87. The second-order valence-corrected chi connectivity index (χ2v) is 10.6. The van der Waals surface area contributed by atoms with Crippen LogP contribution >= 0.6 is 0 Å². The first-order valence-electron chi connectivity index (χ1n) is 11.4. The normalized spacial score (nSPS) is 17.8. The monoisotopic (exact) mass is 481 g/mol. The second-order valence-electron chi connectivity index (χ2n) is 8.78. The highest BCUT2D eigenvalue weighted by molar-refractivity contribution is 7.92. The molecular weight excluding hydrogens is 454 g/mol. The molecule has 0 bridgehead atoms. The van der Waals surface area contributed by atoms with Crippen LogP contribution in [0.15, 0.2) is 53.4 Å². The van der Waals surface area contributed by atoms with Crippen LogP contribution in [0.2, 0.25) is 0 Å². The number of nitrogens with zero attached hydrogens (tertiary/aromatic N) is 2. The molecule has 0 saturated heterocycles. The molecule has 1 unspecified atom stereocenters. The highest BCUT2D eigenvalue weighted by atomic mass is 32.2. The number of fused-ring (bicyclic) bond motifs is 1. The summed E-state index contributed by atoms with van der Waals surface area (Å²) in [6.45, 7) is 1.76. The van der Waals surface area contributed by atoms with E-state index < -0.39 is 33.5 Å². The average molecular weight is 482 g/mol. The predicted octanol–water partition coefficient (Wildman–Crippen LogP) is 3.33. The molecule has 1 aliphatic carbocycles. The van der Waals surface area contributed by atoms with Crippen molar-refractivity contribution in [2.24, 2.45) is 0 Å². The van der Waals surface area contributed by atoms with Crippen LogP contribution in [0.25, 0.3) is 0 Å². The summed E-state index contributed by atoms with van der Waals surface area (Å²) in [5, 5.41) is 12.3. The molecule has 34 heavy (non-hydrogen) atoms. The minimum absolute atomic E-state index is 0.0265. The number of para-hydroxylation sites is 1. The van der Waals surface area contributed by atoms with Gasteiger partial charge in [-0.15, -0.1) is 0 Å². The van der Waals surface area contributed by atoms with Gasteiger partial charge in [0.1, 0.15) is 5.54 Å². The SMILES string of the molecule is CC(OC(=O)c1cccc(S(=O)(=O)N2CCc3ccccc32)c1)C(=O)NC1(C#N)CCCCC1. The summed E-state index contributed by atoms with van der Waals surface area (Å²) < 4.78 is 33.2. The number of hydrogen-bond acceptors (Lipinski definition) is 6. The first-order valence-corrected chi connectivity index (χ1v) is 12.8. The maximum absolute atomic E-state index is 13.3. The molecule has 0 spiro atoms. The highest BCUT2D eigenvalue weighted by Crippen LogP contribution is 2.33. The highest BCUT2D eigenvalue weighted by Gasteiger charge is 2.36. The smallest absolute Gasteiger partial charge is 0.338 e. The molecule has 4 rings (SSSR count). The fourth-order valence-corrected chi connectivity index (χ4v) is 6.06. The van der Waals surface area contributed by atoms with Crippen LogP contribution in [0.3, 0.4) is 0 Å². The lowest BCUT2D eigenvalue weighted by molar-refractivity contribution is -0.130. The van der Waals surface area contributed by atoms with Crippen LogP contribution in [0, 0.1) is 11.3 Å². The van der Waals surface area contributed by atoms with E-state index in [9.17, 15) is 23.3 Å². The van der Waals surface area contributed by atoms with Gasteiger partial charge in [-0.1, -0.05) is 43.5 Å². The molecule has 1 N–H and O–H groups in total. The number of anilines is 1. The van der Waals surface area contributed by atoms with Crippen LogP contribution < -0.4 is 9.62 Å². The zero-order valence-electron chi connectivity index (χ0n) is 19.0. The van der Waals surface area contributed by atoms with Gasteiger partial charge in [0, 0.05) is 6.54 Å². The van der Waals surface area contributed by atoms with Crippen molar-refractivity contribution in [3.05, 3.63) is 59.7 Å². The lowest BCUT2D eigenvalue weighted by Gasteiger charge is -2.32. The second kappa shape index (κ2) is 9.47. The number of rotatable bonds is 6. The lowest BCUT2D eigenvalue weighted by Crippen LogP contribution is -2.52. The summed E-state index contributed by atoms with van der Waals surface area (Å²) in [6, 6.07) is 15.1. The van der Waals surface area contributed by atoms with Crippen molar-refractivity contribution < 1.29 is 22.7 Å². The summed E-state index contributed by atoms with van der Waals surface area (Å²) in [5.74, 6) is -1.36. The first-order chi connectivity index (χ1) is 16.3. The predicted molar refractivity (Wildman–Crippen MR) is 126 cm³/mol. The number of nitrogens with one attached hydrogen (secondary N) is 1. The third-order valence-corrected chi connectivity index (χ3v) is 8.25. The van der Waals surface area contributed by atoms with Crippen molar-refractivity contribution in [3.8, 4) is 6.07 Å². The number of esters is 1. The van der Waals surface area contributed by atoms with Gasteiger partial charge in [0.2, 0.25) is 0 Å². The third-order valence-electron chi connectivity index (χ3n) is 6.44. The molecule has 2 aliphatic rings. The molecule has 178 valence electrons. The Morgan fingerprint density at radius 3 is 2.59 bits per heavy atom. The van der Waals surface area contributed by atoms with E-state index in [-0.39, 0.29) is 10.5 Å². The molecule has 1 atom stereocenters. The Hall–Kier alpha value is -3.38. The Balaban J connectivity index is 1.47. The van der Waals surface area contributed by atoms with Gasteiger partial charge in [-0.2, -0.15) is 5.26 Å². The minimum Gasteiger partial charge on any atom is -0.449 e. The summed E-state index contributed by atoms with van der Waals surface area (Å²) in [5.41, 5.74) is 0.682. The first kappa shape index (κ1) is 23.8. The van der Waals surface area contributed by atoms with Gasteiger partial charge in [-0.05, 0) is 56.0 Å². The van der Waals surface area contributed by atoms with Gasteiger partial charge in [-0.25, -0.2) is 13.2 Å². The molecule has 8 nitrogen and oxygen atoms in total. The van der Waals surface area contributed by atoms with Crippen LogP contribution in [-0.2, 0) is 26.0 Å². The zero-order valence-corrected chi connectivity index (χ0v) is 19.8. The van der Waals surface area contributed by atoms with Crippen molar-refractivity contribution >= 4 is 27.6 Å². The van der Waals surface area contributed by atoms with E-state index in [0.717, 1.165) is 24.8 Å². The number of hydrogen-bond donors (Lipinski definition) is 1. The fourth-order valence-electron chi connectivity index (χ4n) is 4.51. The van der Waals surface area contributed by atoms with Gasteiger partial charge in [0.25, 0.3) is 15.9 Å². The largest absolute Gasteiger partial charge is 0.449 e. The van der Waals surface area contributed by atoms with Gasteiger partial charge in [-0.3, -0.25) is 9.10 Å². The van der Waals surface area contributed by atoms with Crippen molar-refractivity contribution in [2.45, 2.75) is 62.0 Å². The summed E-state index contributed by atoms with van der Waals surface area (Å²) in [4.78, 5) is 25.3. The van der Waals surface area contributed by atoms with Crippen LogP contribution in [-0.4, -0.2) is 38.5 Å². The topological polar surface area (TPSA) is 117 Å². The quantitative estimate of drug-likeness (QED) is 0.633. The molecule has 1 aliphatic heterocycles. The van der Waals surface area contributed by atoms with Gasteiger partial charge >= 0.3 is 5.97 Å². The standard InChI is InChI=1S/C25H27N3O5S/c1-18(23(29)27-25(17-26)13-5-2-6-14-25)33-24(30)20-9-7-10-21(16-20)34(31,32)28-15-12-19-8-3-4-11-22(19)28/h3-4,7-11,16,18H,2,5-6,12-15H2,1H3,(H,27,29). The fraction of sp³-hybridized carbons (Fsp3) is 0.400. The van der Waals surface area contributed by atoms with E-state index in [1.807, 2.05) is 12.1 Å². The van der Waals surface area contributed by atoms with Gasteiger partial charge in [0.15, 0.2) is 6.10 Å². The molecule has 1 heterocycles. The molecule has 0 aromatic heterocycles. The van der Waals surface area contributed by atoms with Crippen molar-refractivity contribution in [1.82, 2.24) is 5.32 Å². The number of carbonyl (C=O) groups is 2. The molecule has 1 amide bonds. The van der Waals surface area contributed by atoms with Crippen LogP contribution in [0.5, 0.6) is 0 Å². The number of amides is 1. The van der Waals surface area contributed by atoms with Crippen molar-refractivity contribution in [3.63, 3.8) is 0 Å². The number of sulfonamides is 1. The molecule has 1 saturated carbocycles. The molecule has 2 aromatic carbocycles. The Morgan fingerprint density at radius 2 is 1.85 bits per heavy atom. The van der Waals surface area contributed by atoms with Gasteiger partial charge in [0.05, 0.1) is 22.2 Å². The van der Waals surface area contributed by atoms with Crippen molar-refractivity contribution in [2.75, 3.05) is 10.8 Å². The number of nitriles is 1. The molecule has 9 heteroatoms. The summed E-state index contributed by atoms with van der Waals surface area (Å²) >= 11 is 0. The van der Waals surface area contributed by atoms with E-state index in [1.165, 1.54) is 35.5 Å². The van der Waals surface area contributed by atoms with E-state index in [0.29, 0.717) is 31.5 Å². The maximum atomic E-state index is 13.3. The number of benzene rings is 2. The van der Waals surface area contributed by atoms with Crippen molar-refractivity contribution in [1.29, 1.82) is 5.26 Å². The molecule has 0 radical (unpaired) electrons. The Bertz CT molecular complexity index is 1250. The Kier molecular flexibility index (Phi) is 6.62. The molecular formula is C25H27N3O5S. The van der Waals surface area contributed by atoms with E-state index in [2.05, 4.69) is 11.4 Å². The van der Waals surface area contributed by atoms with E-state index in [4.69, 9.17) is 4.74 Å². The lowest BCUT2D eigenvalue weighted by atomic mass is 9.83. The van der Waals surface area contributed by atoms with Crippen LogP contribution in [0.4, 0.5) is 5.69 Å². The average Bonchev–Trinajstić information content (AvgIpc) is 3.29. The van der Waals surface area contributed by atoms with Gasteiger partial charge < -0.3 is 10.1 Å². The summed E-state index contributed by atoms with van der Waals surface area (Å²) in [7, 11) is -3.87. The van der Waals surface area contributed by atoms with Crippen LogP contribution in [0.1, 0.15) is 54.9 Å². The van der Waals surface area contributed by atoms with E-state index >= 15 is 0 Å². The molecule has 1 fully saturated rings. The maximum Gasteiger partial charge on any atom is 0.338 e. The van der Waals surface area contributed by atoms with E-state index in [1.54, 1.807) is 12.1 Å². The Morgan fingerprint density at radius 1 is 1.12 bits per heavy atom. The number of ether oxygens (including phenoxy) is 1.